The van der Waals surface area contributed by atoms with Gasteiger partial charge in [0.05, 0.1) is 12.7 Å². The lowest BCUT2D eigenvalue weighted by atomic mass is 9.99. The molecule has 2 atom stereocenters. The Morgan fingerprint density at radius 1 is 1.59 bits per heavy atom. The first-order valence-corrected chi connectivity index (χ1v) is 6.39. The van der Waals surface area contributed by atoms with Crippen LogP contribution in [0.25, 0.3) is 0 Å². The molecule has 4 heteroatoms. The fraction of sp³-hybridized carbons (Fsp3) is 0.923. The van der Waals surface area contributed by atoms with E-state index in [4.69, 9.17) is 4.74 Å². The van der Waals surface area contributed by atoms with Crippen LogP contribution in [-0.4, -0.2) is 49.8 Å². The summed E-state index contributed by atoms with van der Waals surface area (Å²) in [7, 11) is 3.80. The highest BCUT2D eigenvalue weighted by Crippen LogP contribution is 2.23. The van der Waals surface area contributed by atoms with Crippen LogP contribution in [0.2, 0.25) is 0 Å². The van der Waals surface area contributed by atoms with Gasteiger partial charge in [-0.3, -0.25) is 5.32 Å². The molecule has 1 aliphatic rings. The number of hydrogen-bond acceptors (Lipinski definition) is 4. The molecule has 2 unspecified atom stereocenters. The summed E-state index contributed by atoms with van der Waals surface area (Å²) in [4.78, 5) is 2.24. The summed E-state index contributed by atoms with van der Waals surface area (Å²) < 4.78 is 5.14. The molecule has 0 aromatic rings. The fourth-order valence-corrected chi connectivity index (χ4v) is 1.83. The van der Waals surface area contributed by atoms with Crippen LogP contribution in [0.15, 0.2) is 0 Å². The summed E-state index contributed by atoms with van der Waals surface area (Å²) in [5, 5.41) is 12.7. The normalized spacial score (nSPS) is 20.9. The molecular formula is C13H25N3O. The number of ether oxygens (including phenoxy) is 1. The number of methoxy groups -OCH3 is 1. The zero-order valence-electron chi connectivity index (χ0n) is 11.5. The third-order valence-corrected chi connectivity index (χ3v) is 3.47. The molecule has 0 aliphatic heterocycles. The van der Waals surface area contributed by atoms with Crippen LogP contribution in [0.5, 0.6) is 0 Å². The van der Waals surface area contributed by atoms with Crippen LogP contribution >= 0.6 is 0 Å². The van der Waals surface area contributed by atoms with E-state index in [2.05, 4.69) is 30.3 Å². The van der Waals surface area contributed by atoms with Gasteiger partial charge in [-0.05, 0) is 40.2 Å². The van der Waals surface area contributed by atoms with Crippen LogP contribution in [-0.2, 0) is 4.74 Å². The molecule has 0 saturated heterocycles. The first-order chi connectivity index (χ1) is 8.00. The minimum Gasteiger partial charge on any atom is -0.383 e. The lowest BCUT2D eigenvalue weighted by Gasteiger charge is -2.29. The molecule has 0 bridgehead atoms. The van der Waals surface area contributed by atoms with Crippen LogP contribution in [0.1, 0.15) is 33.1 Å². The molecule has 0 amide bonds. The molecule has 1 aliphatic carbocycles. The third kappa shape index (κ3) is 5.03. The van der Waals surface area contributed by atoms with E-state index < -0.39 is 0 Å². The van der Waals surface area contributed by atoms with E-state index in [1.54, 1.807) is 7.11 Å². The number of rotatable bonds is 8. The number of nitrogens with zero attached hydrogens (tertiary/aromatic N) is 2. The van der Waals surface area contributed by atoms with Crippen molar-refractivity contribution in [3.8, 4) is 6.07 Å². The van der Waals surface area contributed by atoms with Crippen LogP contribution in [0.4, 0.5) is 0 Å². The van der Waals surface area contributed by atoms with Gasteiger partial charge >= 0.3 is 0 Å². The third-order valence-electron chi connectivity index (χ3n) is 3.47. The first-order valence-electron chi connectivity index (χ1n) is 6.39. The van der Waals surface area contributed by atoms with E-state index in [1.165, 1.54) is 12.8 Å². The predicted octanol–water partition coefficient (Wildman–Crippen LogP) is 1.38. The Morgan fingerprint density at radius 2 is 2.24 bits per heavy atom. The summed E-state index contributed by atoms with van der Waals surface area (Å²) >= 11 is 0. The van der Waals surface area contributed by atoms with Crippen LogP contribution < -0.4 is 5.32 Å². The Bertz CT molecular complexity index is 272. The highest BCUT2D eigenvalue weighted by Gasteiger charge is 2.32. The van der Waals surface area contributed by atoms with Gasteiger partial charge in [-0.15, -0.1) is 0 Å². The standard InChI is InChI=1S/C13H25N3O/c1-11(9-17-4)16(3)8-7-13(2,10-14)15-12-5-6-12/h11-12,15H,5-9H2,1-4H3. The molecule has 1 fully saturated rings. The van der Waals surface area contributed by atoms with Gasteiger partial charge < -0.3 is 9.64 Å². The number of nitriles is 1. The number of nitrogens with one attached hydrogen (secondary N) is 1. The van der Waals surface area contributed by atoms with Crippen LogP contribution in [0.3, 0.4) is 0 Å². The Labute approximate surface area is 105 Å². The van der Waals surface area contributed by atoms with Gasteiger partial charge in [-0.25, -0.2) is 0 Å². The SMILES string of the molecule is COCC(C)N(C)CCC(C)(C#N)NC1CC1. The zero-order chi connectivity index (χ0) is 12.9. The molecule has 0 aromatic heterocycles. The monoisotopic (exact) mass is 239 g/mol. The minimum absolute atomic E-state index is 0.387. The van der Waals surface area contributed by atoms with E-state index in [1.807, 2.05) is 6.92 Å². The second kappa shape index (κ2) is 6.34. The summed E-state index contributed by atoms with van der Waals surface area (Å²) in [6, 6.07) is 3.37. The summed E-state index contributed by atoms with van der Waals surface area (Å²) in [5.74, 6) is 0. The lowest BCUT2D eigenvalue weighted by molar-refractivity contribution is 0.111. The Kier molecular flexibility index (Phi) is 5.38. The summed E-state index contributed by atoms with van der Waals surface area (Å²) in [6.07, 6.45) is 3.28. The number of hydrogen-bond donors (Lipinski definition) is 1. The predicted molar refractivity (Wildman–Crippen MR) is 68.8 cm³/mol. The smallest absolute Gasteiger partial charge is 0.105 e. The van der Waals surface area contributed by atoms with Crippen molar-refractivity contribution in [3.63, 3.8) is 0 Å². The maximum atomic E-state index is 9.26. The Balaban J connectivity index is 2.33. The fourth-order valence-electron chi connectivity index (χ4n) is 1.83. The molecule has 1 saturated carbocycles. The van der Waals surface area contributed by atoms with Gasteiger partial charge in [0.1, 0.15) is 5.54 Å². The largest absolute Gasteiger partial charge is 0.383 e. The second-order valence-electron chi connectivity index (χ2n) is 5.40. The molecule has 0 spiro atoms. The van der Waals surface area contributed by atoms with Crippen molar-refractivity contribution in [2.45, 2.75) is 50.7 Å². The topological polar surface area (TPSA) is 48.3 Å². The minimum atomic E-state index is -0.387. The Hall–Kier alpha value is -0.630. The van der Waals surface area contributed by atoms with E-state index in [9.17, 15) is 5.26 Å². The maximum absolute atomic E-state index is 9.26. The highest BCUT2D eigenvalue weighted by molar-refractivity contribution is 5.07. The van der Waals surface area contributed by atoms with E-state index >= 15 is 0 Å². The molecule has 0 radical (unpaired) electrons. The van der Waals surface area contributed by atoms with Gasteiger partial charge in [-0.2, -0.15) is 5.26 Å². The van der Waals surface area contributed by atoms with Crippen molar-refractivity contribution in [1.82, 2.24) is 10.2 Å². The van der Waals surface area contributed by atoms with Gasteiger partial charge in [0.25, 0.3) is 0 Å². The van der Waals surface area contributed by atoms with E-state index in [0.717, 1.165) is 19.6 Å². The maximum Gasteiger partial charge on any atom is 0.105 e. The zero-order valence-corrected chi connectivity index (χ0v) is 11.5. The molecular weight excluding hydrogens is 214 g/mol. The molecule has 1 N–H and O–H groups in total. The van der Waals surface area contributed by atoms with Gasteiger partial charge in [0.15, 0.2) is 0 Å². The van der Waals surface area contributed by atoms with Crippen molar-refractivity contribution in [2.24, 2.45) is 0 Å². The first kappa shape index (κ1) is 14.4. The van der Waals surface area contributed by atoms with E-state index in [-0.39, 0.29) is 5.54 Å². The average molecular weight is 239 g/mol. The summed E-state index contributed by atoms with van der Waals surface area (Å²) in [6.45, 7) is 5.78. The lowest BCUT2D eigenvalue weighted by Crippen LogP contribution is -2.46. The van der Waals surface area contributed by atoms with Gasteiger partial charge in [0.2, 0.25) is 0 Å². The molecule has 4 nitrogen and oxygen atoms in total. The molecule has 0 heterocycles. The molecule has 1 rings (SSSR count). The van der Waals surface area contributed by atoms with Crippen molar-refractivity contribution in [3.05, 3.63) is 0 Å². The Morgan fingerprint density at radius 3 is 2.71 bits per heavy atom. The summed E-state index contributed by atoms with van der Waals surface area (Å²) in [5.41, 5.74) is -0.387. The van der Waals surface area contributed by atoms with Crippen LogP contribution in [0, 0.1) is 11.3 Å². The van der Waals surface area contributed by atoms with Crippen molar-refractivity contribution in [2.75, 3.05) is 27.3 Å². The van der Waals surface area contributed by atoms with Crippen molar-refractivity contribution < 1.29 is 4.74 Å². The molecule has 17 heavy (non-hydrogen) atoms. The van der Waals surface area contributed by atoms with Gasteiger partial charge in [-0.1, -0.05) is 0 Å². The van der Waals surface area contributed by atoms with Gasteiger partial charge in [0, 0.05) is 25.7 Å². The number of likely N-dealkylation sites (N-methyl/N-ethyl adjacent to an activating group) is 1. The second-order valence-corrected chi connectivity index (χ2v) is 5.40. The molecule has 98 valence electrons. The van der Waals surface area contributed by atoms with Crippen molar-refractivity contribution in [1.29, 1.82) is 5.26 Å². The quantitative estimate of drug-likeness (QED) is 0.695. The van der Waals surface area contributed by atoms with Crippen molar-refractivity contribution >= 4 is 0 Å². The van der Waals surface area contributed by atoms with E-state index in [0.29, 0.717) is 12.1 Å². The highest BCUT2D eigenvalue weighted by atomic mass is 16.5. The molecule has 0 aromatic carbocycles. The average Bonchev–Trinajstić information content (AvgIpc) is 3.10.